The van der Waals surface area contributed by atoms with Crippen molar-refractivity contribution in [2.75, 3.05) is 26.4 Å². The fraction of sp³-hybridized carbons (Fsp3) is 0.701. The Morgan fingerprint density at radius 1 is 0.403 bits per heavy atom. The molecule has 0 bridgehead atoms. The zero-order chi connectivity index (χ0) is 55.9. The predicted molar refractivity (Wildman–Crippen MR) is 330 cm³/mol. The third kappa shape index (κ3) is 61.7. The molecule has 0 aliphatic rings. The van der Waals surface area contributed by atoms with Crippen molar-refractivity contribution in [1.29, 1.82) is 0 Å². The molecule has 0 amide bonds. The number of nitrogens with two attached hydrogens (primary N) is 1. The quantitative estimate of drug-likeness (QED) is 0.0264. The number of phosphoric acid groups is 1. The van der Waals surface area contributed by atoms with E-state index in [1.807, 2.05) is 6.08 Å². The van der Waals surface area contributed by atoms with Gasteiger partial charge in [-0.3, -0.25) is 18.6 Å². The smallest absolute Gasteiger partial charge is 0.462 e. The summed E-state index contributed by atoms with van der Waals surface area (Å²) in [5, 5.41) is 0. The van der Waals surface area contributed by atoms with E-state index in [0.717, 1.165) is 77.0 Å². The minimum Gasteiger partial charge on any atom is -0.462 e. The summed E-state index contributed by atoms with van der Waals surface area (Å²) in [6.45, 7) is 3.59. The number of hydrogen-bond donors (Lipinski definition) is 2. The number of carbonyl (C=O) groups excluding carboxylic acids is 2. The van der Waals surface area contributed by atoms with Gasteiger partial charge in [-0.2, -0.15) is 0 Å². The average molecular weight is 1090 g/mol. The van der Waals surface area contributed by atoms with Crippen LogP contribution in [0.1, 0.15) is 271 Å². The van der Waals surface area contributed by atoms with E-state index in [0.29, 0.717) is 12.8 Å². The van der Waals surface area contributed by atoms with Crippen LogP contribution in [-0.4, -0.2) is 49.3 Å². The normalized spacial score (nSPS) is 13.8. The molecule has 0 aromatic carbocycles. The van der Waals surface area contributed by atoms with Gasteiger partial charge in [0.1, 0.15) is 6.61 Å². The number of rotatable bonds is 58. The molecule has 9 nitrogen and oxygen atoms in total. The highest BCUT2D eigenvalue weighted by Crippen LogP contribution is 2.43. The van der Waals surface area contributed by atoms with Gasteiger partial charge in [-0.05, 0) is 77.0 Å². The molecule has 2 atom stereocenters. The predicted octanol–water partition coefficient (Wildman–Crippen LogP) is 20.2. The van der Waals surface area contributed by atoms with Crippen molar-refractivity contribution in [3.8, 4) is 0 Å². The fourth-order valence-corrected chi connectivity index (χ4v) is 9.35. The highest BCUT2D eigenvalue weighted by atomic mass is 31.2. The average Bonchev–Trinajstić information content (AvgIpc) is 3.42. The van der Waals surface area contributed by atoms with Crippen LogP contribution >= 0.6 is 7.82 Å². The molecule has 0 saturated heterocycles. The van der Waals surface area contributed by atoms with Crippen molar-refractivity contribution >= 4 is 19.8 Å². The van der Waals surface area contributed by atoms with E-state index in [1.165, 1.54) is 154 Å². The first-order valence-corrected chi connectivity index (χ1v) is 32.9. The van der Waals surface area contributed by atoms with Crippen LogP contribution in [0.25, 0.3) is 0 Å². The summed E-state index contributed by atoms with van der Waals surface area (Å²) in [6.07, 6.45) is 84.6. The lowest BCUT2D eigenvalue weighted by Gasteiger charge is -2.19. The Hall–Kier alpha value is -3.33. The van der Waals surface area contributed by atoms with Crippen molar-refractivity contribution in [1.82, 2.24) is 0 Å². The van der Waals surface area contributed by atoms with Crippen LogP contribution in [0, 0.1) is 0 Å². The molecule has 0 heterocycles. The van der Waals surface area contributed by atoms with E-state index in [-0.39, 0.29) is 32.6 Å². The maximum Gasteiger partial charge on any atom is 0.472 e. The number of carbonyl (C=O) groups is 2. The molecular formula is C67H116NO8P. The lowest BCUT2D eigenvalue weighted by atomic mass is 10.0. The summed E-state index contributed by atoms with van der Waals surface area (Å²) < 4.78 is 33.0. The number of allylic oxidation sites excluding steroid dienone is 18. The van der Waals surface area contributed by atoms with Crippen molar-refractivity contribution in [3.63, 3.8) is 0 Å². The molecule has 3 N–H and O–H groups in total. The van der Waals surface area contributed by atoms with Gasteiger partial charge >= 0.3 is 19.8 Å². The standard InChI is InChI=1S/C67H116NO8P/c1-3-5-7-9-11-13-15-17-19-21-23-25-27-29-31-32-34-36-38-40-42-44-46-48-50-52-54-56-58-60-67(70)76-65(64-75-77(71,72)74-62-61-68)63-73-66(69)59-57-55-53-51-49-47-45-43-41-39-37-35-33-30-28-26-24-22-20-18-16-14-12-10-8-6-4-2/h5,7,11,13,17,19,23,25,29,31,34,36,40,42,46,48,52,54,65H,3-4,6,8-10,12,14-16,18,20-22,24,26-28,30,32-33,35,37-39,41,43-45,47,49-51,53,55-64,68H2,1-2H3,(H,71,72)/b7-5-,13-11-,19-17-,25-23-,31-29-,36-34-,42-40-,48-46-,54-52-. The Bertz CT molecular complexity index is 1630. The number of phosphoric ester groups is 1. The first-order valence-electron chi connectivity index (χ1n) is 31.4. The van der Waals surface area contributed by atoms with Crippen molar-refractivity contribution in [3.05, 3.63) is 109 Å². The van der Waals surface area contributed by atoms with Crippen LogP contribution in [0.4, 0.5) is 0 Å². The van der Waals surface area contributed by atoms with Crippen molar-refractivity contribution in [2.45, 2.75) is 277 Å². The highest BCUT2D eigenvalue weighted by Gasteiger charge is 2.26. The largest absolute Gasteiger partial charge is 0.472 e. The van der Waals surface area contributed by atoms with Crippen LogP contribution in [0.2, 0.25) is 0 Å². The van der Waals surface area contributed by atoms with Crippen LogP contribution in [0.15, 0.2) is 109 Å². The van der Waals surface area contributed by atoms with Crippen LogP contribution in [0.5, 0.6) is 0 Å². The molecule has 10 heteroatoms. The molecule has 442 valence electrons. The molecule has 0 spiro atoms. The summed E-state index contributed by atoms with van der Waals surface area (Å²) in [4.78, 5) is 35.2. The third-order valence-electron chi connectivity index (χ3n) is 13.2. The molecule has 0 aromatic heterocycles. The zero-order valence-corrected chi connectivity index (χ0v) is 50.3. The second-order valence-corrected chi connectivity index (χ2v) is 22.0. The molecule has 0 saturated carbocycles. The summed E-state index contributed by atoms with van der Waals surface area (Å²) in [6, 6.07) is 0. The van der Waals surface area contributed by atoms with Gasteiger partial charge in [-0.25, -0.2) is 4.57 Å². The SMILES string of the molecule is CC/C=C\C/C=C\C/C=C\C/C=C\C/C=C\C/C=C\C/C=C\C/C=C\C/C=C\CCCC(=O)OC(COC(=O)CCCCCCCCCCCCCCCCCCCCCCCCCCCCC)COP(=O)(O)OCCN. The van der Waals surface area contributed by atoms with Gasteiger partial charge in [0.05, 0.1) is 13.2 Å². The molecule has 0 rings (SSSR count). The molecule has 0 aliphatic heterocycles. The molecule has 0 aromatic rings. The van der Waals surface area contributed by atoms with Crippen molar-refractivity contribution < 1.29 is 37.6 Å². The van der Waals surface area contributed by atoms with Gasteiger partial charge in [0, 0.05) is 19.4 Å². The van der Waals surface area contributed by atoms with E-state index < -0.39 is 32.5 Å². The molecule has 2 unspecified atom stereocenters. The Morgan fingerprint density at radius 2 is 0.714 bits per heavy atom. The second-order valence-electron chi connectivity index (χ2n) is 20.6. The maximum atomic E-state index is 12.7. The fourth-order valence-electron chi connectivity index (χ4n) is 8.58. The van der Waals surface area contributed by atoms with Crippen LogP contribution in [-0.2, 0) is 32.7 Å². The topological polar surface area (TPSA) is 134 Å². The number of esters is 2. The van der Waals surface area contributed by atoms with E-state index in [2.05, 4.69) is 117 Å². The summed E-state index contributed by atoms with van der Waals surface area (Å²) in [5.41, 5.74) is 5.38. The van der Waals surface area contributed by atoms with Crippen LogP contribution < -0.4 is 5.73 Å². The lowest BCUT2D eigenvalue weighted by Crippen LogP contribution is -2.29. The van der Waals surface area contributed by atoms with Crippen LogP contribution in [0.3, 0.4) is 0 Å². The Morgan fingerprint density at radius 3 is 1.05 bits per heavy atom. The summed E-state index contributed by atoms with van der Waals surface area (Å²) in [5.74, 6) is -0.895. The Kier molecular flexibility index (Phi) is 59.2. The Balaban J connectivity index is 4.05. The first kappa shape index (κ1) is 73.7. The monoisotopic (exact) mass is 1090 g/mol. The highest BCUT2D eigenvalue weighted by molar-refractivity contribution is 7.47. The molecular weight excluding hydrogens is 978 g/mol. The first-order chi connectivity index (χ1) is 37.8. The van der Waals surface area contributed by atoms with Crippen molar-refractivity contribution in [2.24, 2.45) is 5.73 Å². The third-order valence-corrected chi connectivity index (χ3v) is 14.2. The minimum atomic E-state index is -4.41. The van der Waals surface area contributed by atoms with Gasteiger partial charge in [-0.15, -0.1) is 0 Å². The lowest BCUT2D eigenvalue weighted by molar-refractivity contribution is -0.161. The molecule has 0 radical (unpaired) electrons. The summed E-state index contributed by atoms with van der Waals surface area (Å²) in [7, 11) is -4.41. The number of ether oxygens (including phenoxy) is 2. The number of hydrogen-bond acceptors (Lipinski definition) is 8. The van der Waals surface area contributed by atoms with E-state index >= 15 is 0 Å². The second kappa shape index (κ2) is 61.9. The maximum absolute atomic E-state index is 12.7. The van der Waals surface area contributed by atoms with E-state index in [1.54, 1.807) is 0 Å². The zero-order valence-electron chi connectivity index (χ0n) is 49.4. The Labute approximate surface area is 473 Å². The van der Waals surface area contributed by atoms with Gasteiger partial charge in [0.15, 0.2) is 6.10 Å². The molecule has 0 fully saturated rings. The van der Waals surface area contributed by atoms with Gasteiger partial charge in [0.2, 0.25) is 0 Å². The van der Waals surface area contributed by atoms with Gasteiger partial charge in [-0.1, -0.05) is 290 Å². The number of unbranched alkanes of at least 4 members (excludes halogenated alkanes) is 27. The van der Waals surface area contributed by atoms with Gasteiger partial charge in [0.25, 0.3) is 0 Å². The van der Waals surface area contributed by atoms with Gasteiger partial charge < -0.3 is 20.1 Å². The summed E-state index contributed by atoms with van der Waals surface area (Å²) >= 11 is 0. The minimum absolute atomic E-state index is 0.0397. The van der Waals surface area contributed by atoms with E-state index in [4.69, 9.17) is 24.3 Å². The molecule has 77 heavy (non-hydrogen) atoms. The molecule has 0 aliphatic carbocycles. The van der Waals surface area contributed by atoms with E-state index in [9.17, 15) is 19.0 Å².